The third-order valence-electron chi connectivity index (χ3n) is 1.80. The molecule has 0 aliphatic carbocycles. The van der Waals surface area contributed by atoms with Crippen LogP contribution in [-0.4, -0.2) is 18.4 Å². The molecule has 2 N–H and O–H groups in total. The van der Waals surface area contributed by atoms with Crippen LogP contribution in [0.1, 0.15) is 0 Å². The van der Waals surface area contributed by atoms with Crippen LogP contribution in [0.15, 0.2) is 46.3 Å². The lowest BCUT2D eigenvalue weighted by Crippen LogP contribution is -2.14. The number of benzene rings is 1. The quantitative estimate of drug-likeness (QED) is 0.910. The van der Waals surface area contributed by atoms with Crippen LogP contribution in [0.4, 0.5) is 5.69 Å². The Morgan fingerprint density at radius 3 is 2.81 bits per heavy atom. The highest BCUT2D eigenvalue weighted by molar-refractivity contribution is 9.10. The second kappa shape index (κ2) is 4.26. The molecule has 0 aliphatic heterocycles. The van der Waals surface area contributed by atoms with Gasteiger partial charge in [-0.2, -0.15) is 8.42 Å². The van der Waals surface area contributed by atoms with Crippen molar-refractivity contribution < 1.29 is 8.42 Å². The first-order valence-corrected chi connectivity index (χ1v) is 6.63. The predicted octanol–water partition coefficient (Wildman–Crippen LogP) is 1.97. The van der Waals surface area contributed by atoms with Crippen molar-refractivity contribution in [1.82, 2.24) is 9.97 Å². The van der Waals surface area contributed by atoms with Gasteiger partial charge in [0, 0.05) is 16.9 Å². The van der Waals surface area contributed by atoms with Crippen molar-refractivity contribution in [2.75, 3.05) is 4.72 Å². The van der Waals surface area contributed by atoms with E-state index in [0.29, 0.717) is 5.69 Å². The molecule has 84 valence electrons. The minimum atomic E-state index is -3.62. The van der Waals surface area contributed by atoms with Gasteiger partial charge in [0.25, 0.3) is 10.0 Å². The summed E-state index contributed by atoms with van der Waals surface area (Å²) in [5.74, 6) is 0. The average Bonchev–Trinajstić information content (AvgIpc) is 2.69. The SMILES string of the molecule is O=S(=O)(Nc1cccc(Br)c1)c1ncc[nH]1. The lowest BCUT2D eigenvalue weighted by molar-refractivity contribution is 0.594. The molecular formula is C9H8BrN3O2S. The number of aromatic nitrogens is 2. The molecule has 16 heavy (non-hydrogen) atoms. The summed E-state index contributed by atoms with van der Waals surface area (Å²) in [5, 5.41) is -0.104. The van der Waals surface area contributed by atoms with Gasteiger partial charge in [-0.3, -0.25) is 4.72 Å². The third-order valence-corrected chi connectivity index (χ3v) is 3.53. The first-order chi connectivity index (χ1) is 7.58. The van der Waals surface area contributed by atoms with Gasteiger partial charge in [-0.1, -0.05) is 22.0 Å². The van der Waals surface area contributed by atoms with E-state index in [1.54, 1.807) is 18.2 Å². The van der Waals surface area contributed by atoms with Gasteiger partial charge in [0.1, 0.15) is 0 Å². The maximum Gasteiger partial charge on any atom is 0.295 e. The van der Waals surface area contributed by atoms with Crippen LogP contribution in [0.2, 0.25) is 0 Å². The second-order valence-corrected chi connectivity index (χ2v) is 5.52. The molecule has 0 saturated carbocycles. The van der Waals surface area contributed by atoms with E-state index >= 15 is 0 Å². The van der Waals surface area contributed by atoms with Crippen LogP contribution in [0.5, 0.6) is 0 Å². The summed E-state index contributed by atoms with van der Waals surface area (Å²) in [7, 11) is -3.62. The Balaban J connectivity index is 2.29. The molecular weight excluding hydrogens is 294 g/mol. The Labute approximate surface area is 101 Å². The van der Waals surface area contributed by atoms with Crippen LogP contribution in [0, 0.1) is 0 Å². The molecule has 0 amide bonds. The number of hydrogen-bond acceptors (Lipinski definition) is 3. The minimum absolute atomic E-state index is 0.104. The van der Waals surface area contributed by atoms with Gasteiger partial charge in [-0.25, -0.2) is 4.98 Å². The van der Waals surface area contributed by atoms with Crippen molar-refractivity contribution in [2.24, 2.45) is 0 Å². The molecule has 5 nitrogen and oxygen atoms in total. The maximum atomic E-state index is 11.8. The van der Waals surface area contributed by atoms with Gasteiger partial charge in [-0.05, 0) is 18.2 Å². The number of rotatable bonds is 3. The zero-order valence-electron chi connectivity index (χ0n) is 8.01. The number of nitrogens with one attached hydrogen (secondary N) is 2. The van der Waals surface area contributed by atoms with Crippen molar-refractivity contribution in [3.05, 3.63) is 41.1 Å². The average molecular weight is 302 g/mol. The molecule has 0 radical (unpaired) electrons. The third kappa shape index (κ3) is 2.42. The summed E-state index contributed by atoms with van der Waals surface area (Å²) >= 11 is 3.26. The van der Waals surface area contributed by atoms with Gasteiger partial charge in [-0.15, -0.1) is 0 Å². The van der Waals surface area contributed by atoms with E-state index < -0.39 is 10.0 Å². The summed E-state index contributed by atoms with van der Waals surface area (Å²) in [5.41, 5.74) is 0.478. The summed E-state index contributed by atoms with van der Waals surface area (Å²) in [6, 6.07) is 6.88. The Kier molecular flexibility index (Phi) is 2.97. The summed E-state index contributed by atoms with van der Waals surface area (Å²) in [6.07, 6.45) is 2.84. The molecule has 2 aromatic rings. The van der Waals surface area contributed by atoms with E-state index in [-0.39, 0.29) is 5.16 Å². The molecule has 0 atom stereocenters. The van der Waals surface area contributed by atoms with Crippen molar-refractivity contribution in [2.45, 2.75) is 5.16 Å². The first kappa shape index (κ1) is 11.2. The largest absolute Gasteiger partial charge is 0.334 e. The number of anilines is 1. The topological polar surface area (TPSA) is 74.8 Å². The van der Waals surface area contributed by atoms with Gasteiger partial charge in [0.15, 0.2) is 0 Å². The van der Waals surface area contributed by atoms with Crippen molar-refractivity contribution in [3.8, 4) is 0 Å². The number of sulfonamides is 1. The predicted molar refractivity (Wildman–Crippen MR) is 63.5 cm³/mol. The molecule has 1 aromatic heterocycles. The standard InChI is InChI=1S/C9H8BrN3O2S/c10-7-2-1-3-8(6-7)13-16(14,15)9-11-4-5-12-9/h1-6,13H,(H,11,12). The first-order valence-electron chi connectivity index (χ1n) is 4.36. The normalized spacial score (nSPS) is 11.3. The Hall–Kier alpha value is -1.34. The summed E-state index contributed by atoms with van der Waals surface area (Å²) < 4.78 is 26.7. The molecule has 0 bridgehead atoms. The number of hydrogen-bond donors (Lipinski definition) is 2. The molecule has 7 heteroatoms. The number of halogens is 1. The Bertz CT molecular complexity index is 581. The van der Waals surface area contributed by atoms with Gasteiger partial charge in [0.05, 0.1) is 5.69 Å². The van der Waals surface area contributed by atoms with E-state index in [4.69, 9.17) is 0 Å². The maximum absolute atomic E-state index is 11.8. The zero-order valence-corrected chi connectivity index (χ0v) is 10.4. The molecule has 0 spiro atoms. The fourth-order valence-electron chi connectivity index (χ4n) is 1.15. The van der Waals surface area contributed by atoms with Crippen LogP contribution in [-0.2, 0) is 10.0 Å². The lowest BCUT2D eigenvalue weighted by atomic mass is 10.3. The summed E-state index contributed by atoms with van der Waals surface area (Å²) in [6.45, 7) is 0. The Morgan fingerprint density at radius 2 is 2.19 bits per heavy atom. The van der Waals surface area contributed by atoms with E-state index in [1.165, 1.54) is 12.4 Å². The zero-order chi connectivity index (χ0) is 11.6. The molecule has 1 aromatic carbocycles. The van der Waals surface area contributed by atoms with E-state index in [1.807, 2.05) is 6.07 Å². The molecule has 2 rings (SSSR count). The van der Waals surface area contributed by atoms with Crippen LogP contribution in [0.25, 0.3) is 0 Å². The molecule has 0 saturated heterocycles. The second-order valence-electron chi connectivity index (χ2n) is 3.01. The fraction of sp³-hybridized carbons (Fsp3) is 0. The van der Waals surface area contributed by atoms with E-state index in [2.05, 4.69) is 30.6 Å². The van der Waals surface area contributed by atoms with Gasteiger partial charge in [0.2, 0.25) is 5.16 Å². The van der Waals surface area contributed by atoms with Gasteiger partial charge >= 0.3 is 0 Å². The molecule has 0 fully saturated rings. The minimum Gasteiger partial charge on any atom is -0.334 e. The number of imidazole rings is 1. The summed E-state index contributed by atoms with van der Waals surface area (Å²) in [4.78, 5) is 6.23. The lowest BCUT2D eigenvalue weighted by Gasteiger charge is -2.05. The monoisotopic (exact) mass is 301 g/mol. The smallest absolute Gasteiger partial charge is 0.295 e. The highest BCUT2D eigenvalue weighted by atomic mass is 79.9. The number of H-pyrrole nitrogens is 1. The molecule has 1 heterocycles. The van der Waals surface area contributed by atoms with Crippen LogP contribution in [0.3, 0.4) is 0 Å². The fourth-order valence-corrected chi connectivity index (χ4v) is 2.51. The van der Waals surface area contributed by atoms with Crippen LogP contribution >= 0.6 is 15.9 Å². The van der Waals surface area contributed by atoms with E-state index in [0.717, 1.165) is 4.47 Å². The Morgan fingerprint density at radius 1 is 1.38 bits per heavy atom. The van der Waals surface area contributed by atoms with E-state index in [9.17, 15) is 8.42 Å². The highest BCUT2D eigenvalue weighted by Crippen LogP contribution is 2.18. The number of aromatic amines is 1. The molecule has 0 aliphatic rings. The molecule has 0 unspecified atom stereocenters. The van der Waals surface area contributed by atoms with Gasteiger partial charge < -0.3 is 4.98 Å². The van der Waals surface area contributed by atoms with Crippen molar-refractivity contribution in [1.29, 1.82) is 0 Å². The van der Waals surface area contributed by atoms with Crippen LogP contribution < -0.4 is 4.72 Å². The van der Waals surface area contributed by atoms with Crippen molar-refractivity contribution in [3.63, 3.8) is 0 Å². The highest BCUT2D eigenvalue weighted by Gasteiger charge is 2.16. The number of nitrogens with zero attached hydrogens (tertiary/aromatic N) is 1. The van der Waals surface area contributed by atoms with Crippen molar-refractivity contribution >= 4 is 31.6 Å².